The van der Waals surface area contributed by atoms with Gasteiger partial charge in [-0.1, -0.05) is 26.0 Å². The molecule has 0 saturated carbocycles. The van der Waals surface area contributed by atoms with Crippen LogP contribution in [0.3, 0.4) is 0 Å². The lowest BCUT2D eigenvalue weighted by atomic mass is 10.1. The van der Waals surface area contributed by atoms with E-state index in [0.29, 0.717) is 29.4 Å². The van der Waals surface area contributed by atoms with Gasteiger partial charge in [-0.2, -0.15) is 0 Å². The number of ether oxygens (including phenoxy) is 2. The molecule has 0 aliphatic heterocycles. The van der Waals surface area contributed by atoms with Gasteiger partial charge in [0, 0.05) is 17.7 Å². The maximum absolute atomic E-state index is 12.5. The molecule has 152 valence electrons. The summed E-state index contributed by atoms with van der Waals surface area (Å²) in [5, 5.41) is 13.4. The first kappa shape index (κ1) is 21.6. The quantitative estimate of drug-likeness (QED) is 0.315. The molecule has 0 heterocycles. The lowest BCUT2D eigenvalue weighted by molar-refractivity contribution is -0.384. The Kier molecular flexibility index (Phi) is 7.47. The molecule has 2 aromatic carbocycles. The second-order valence-corrected chi connectivity index (χ2v) is 6.59. The predicted octanol–water partition coefficient (Wildman–Crippen LogP) is 3.57. The highest BCUT2D eigenvalue weighted by Gasteiger charge is 2.16. The topological polar surface area (TPSA) is 108 Å². The van der Waals surface area contributed by atoms with Gasteiger partial charge >= 0.3 is 5.97 Å². The number of amides is 1. The fraction of sp³-hybridized carbons (Fsp3) is 0.238. The Balaban J connectivity index is 2.19. The fourth-order valence-corrected chi connectivity index (χ4v) is 2.31. The van der Waals surface area contributed by atoms with Crippen molar-refractivity contribution in [3.63, 3.8) is 0 Å². The van der Waals surface area contributed by atoms with E-state index in [1.807, 2.05) is 13.8 Å². The minimum atomic E-state index is -0.776. The highest BCUT2D eigenvalue weighted by Crippen LogP contribution is 2.17. The van der Waals surface area contributed by atoms with Gasteiger partial charge in [-0.05, 0) is 41.8 Å². The third-order valence-corrected chi connectivity index (χ3v) is 3.75. The molecule has 2 rings (SSSR count). The number of hydrogen-bond acceptors (Lipinski definition) is 6. The van der Waals surface area contributed by atoms with Crippen LogP contribution in [0.2, 0.25) is 0 Å². The summed E-state index contributed by atoms with van der Waals surface area (Å²) in [5.74, 6) is -0.292. The Morgan fingerprint density at radius 1 is 1.17 bits per heavy atom. The number of esters is 1. The van der Waals surface area contributed by atoms with Crippen LogP contribution in [0, 0.1) is 16.0 Å². The SMILES string of the molecule is COC(=O)/C(=C\c1cccc([N+](=O)[O-])c1)NC(=O)c1ccc(OCC(C)C)cc1. The monoisotopic (exact) mass is 398 g/mol. The third kappa shape index (κ3) is 6.46. The highest BCUT2D eigenvalue weighted by atomic mass is 16.6. The first-order valence-corrected chi connectivity index (χ1v) is 8.89. The minimum Gasteiger partial charge on any atom is -0.493 e. The molecule has 0 atom stereocenters. The van der Waals surface area contributed by atoms with Crippen LogP contribution in [0.4, 0.5) is 5.69 Å². The van der Waals surface area contributed by atoms with Crippen molar-refractivity contribution in [2.24, 2.45) is 5.92 Å². The van der Waals surface area contributed by atoms with Gasteiger partial charge in [-0.25, -0.2) is 4.79 Å². The molecule has 0 aliphatic carbocycles. The van der Waals surface area contributed by atoms with Crippen molar-refractivity contribution in [3.05, 3.63) is 75.5 Å². The van der Waals surface area contributed by atoms with Crippen LogP contribution >= 0.6 is 0 Å². The number of methoxy groups -OCH3 is 1. The summed E-state index contributed by atoms with van der Waals surface area (Å²) in [6, 6.07) is 12.2. The summed E-state index contributed by atoms with van der Waals surface area (Å²) in [6.07, 6.45) is 1.32. The number of nitrogens with one attached hydrogen (secondary N) is 1. The summed E-state index contributed by atoms with van der Waals surface area (Å²) in [4.78, 5) is 34.9. The van der Waals surface area contributed by atoms with Gasteiger partial charge in [0.2, 0.25) is 0 Å². The van der Waals surface area contributed by atoms with Gasteiger partial charge in [0.25, 0.3) is 11.6 Å². The second kappa shape index (κ2) is 10.0. The first-order chi connectivity index (χ1) is 13.8. The minimum absolute atomic E-state index is 0.133. The van der Waals surface area contributed by atoms with E-state index in [4.69, 9.17) is 9.47 Å². The molecule has 0 saturated heterocycles. The van der Waals surface area contributed by atoms with E-state index in [0.717, 1.165) is 0 Å². The average Bonchev–Trinajstić information content (AvgIpc) is 2.71. The average molecular weight is 398 g/mol. The van der Waals surface area contributed by atoms with Crippen molar-refractivity contribution in [3.8, 4) is 5.75 Å². The molecule has 0 spiro atoms. The van der Waals surface area contributed by atoms with Crippen LogP contribution < -0.4 is 10.1 Å². The molecule has 0 unspecified atom stereocenters. The summed E-state index contributed by atoms with van der Waals surface area (Å²) < 4.78 is 10.3. The smallest absolute Gasteiger partial charge is 0.354 e. The van der Waals surface area contributed by atoms with Crippen LogP contribution in [0.15, 0.2) is 54.2 Å². The number of nitro benzene ring substituents is 1. The van der Waals surface area contributed by atoms with E-state index in [9.17, 15) is 19.7 Å². The predicted molar refractivity (Wildman–Crippen MR) is 107 cm³/mol. The van der Waals surface area contributed by atoms with Crippen LogP contribution in [-0.4, -0.2) is 30.5 Å². The Hall–Kier alpha value is -3.68. The molecule has 29 heavy (non-hydrogen) atoms. The van der Waals surface area contributed by atoms with Crippen LogP contribution in [0.25, 0.3) is 6.08 Å². The van der Waals surface area contributed by atoms with Gasteiger partial charge < -0.3 is 14.8 Å². The zero-order valence-electron chi connectivity index (χ0n) is 16.4. The number of nitrogens with zero attached hydrogens (tertiary/aromatic N) is 1. The maximum Gasteiger partial charge on any atom is 0.354 e. The number of non-ortho nitro benzene ring substituents is 1. The molecule has 1 amide bonds. The molecule has 0 aliphatic rings. The summed E-state index contributed by atoms with van der Waals surface area (Å²) in [7, 11) is 1.18. The Morgan fingerprint density at radius 2 is 1.86 bits per heavy atom. The lowest BCUT2D eigenvalue weighted by Crippen LogP contribution is -2.28. The normalized spacial score (nSPS) is 11.1. The highest BCUT2D eigenvalue weighted by molar-refractivity contribution is 6.03. The summed E-state index contributed by atoms with van der Waals surface area (Å²) in [5.41, 5.74) is 0.414. The zero-order chi connectivity index (χ0) is 21.4. The largest absolute Gasteiger partial charge is 0.493 e. The Labute approximate surface area is 168 Å². The van der Waals surface area contributed by atoms with Gasteiger partial charge in [0.15, 0.2) is 0 Å². The summed E-state index contributed by atoms with van der Waals surface area (Å²) >= 11 is 0. The van der Waals surface area contributed by atoms with Gasteiger partial charge in [0.05, 0.1) is 18.6 Å². The fourth-order valence-electron chi connectivity index (χ4n) is 2.31. The number of carbonyl (C=O) groups is 2. The van der Waals surface area contributed by atoms with Gasteiger partial charge in [-0.3, -0.25) is 14.9 Å². The Morgan fingerprint density at radius 3 is 2.45 bits per heavy atom. The maximum atomic E-state index is 12.5. The van der Waals surface area contributed by atoms with E-state index < -0.39 is 16.8 Å². The van der Waals surface area contributed by atoms with Crippen molar-refractivity contribution < 1.29 is 24.0 Å². The van der Waals surface area contributed by atoms with Crippen molar-refractivity contribution >= 4 is 23.6 Å². The molecule has 8 nitrogen and oxygen atoms in total. The van der Waals surface area contributed by atoms with E-state index in [-0.39, 0.29) is 11.4 Å². The third-order valence-electron chi connectivity index (χ3n) is 3.75. The molecular formula is C21H22N2O6. The standard InChI is InChI=1S/C21H22N2O6/c1-14(2)13-29-18-9-7-16(8-10-18)20(24)22-19(21(25)28-3)12-15-5-4-6-17(11-15)23(26)27/h4-12,14H,13H2,1-3H3,(H,22,24)/b19-12+. The molecule has 8 heteroatoms. The van der Waals surface area contributed by atoms with E-state index in [2.05, 4.69) is 5.32 Å². The van der Waals surface area contributed by atoms with E-state index in [1.54, 1.807) is 30.3 Å². The van der Waals surface area contributed by atoms with Crippen molar-refractivity contribution in [2.75, 3.05) is 13.7 Å². The molecule has 0 fully saturated rings. The van der Waals surface area contributed by atoms with Crippen molar-refractivity contribution in [1.82, 2.24) is 5.32 Å². The van der Waals surface area contributed by atoms with Crippen molar-refractivity contribution in [2.45, 2.75) is 13.8 Å². The number of benzene rings is 2. The van der Waals surface area contributed by atoms with Gasteiger partial charge in [-0.15, -0.1) is 0 Å². The Bertz CT molecular complexity index is 919. The van der Waals surface area contributed by atoms with E-state index in [1.165, 1.54) is 31.4 Å². The molecule has 0 bridgehead atoms. The molecule has 0 radical (unpaired) electrons. The summed E-state index contributed by atoms with van der Waals surface area (Å²) in [6.45, 7) is 4.62. The van der Waals surface area contributed by atoms with Crippen molar-refractivity contribution in [1.29, 1.82) is 0 Å². The van der Waals surface area contributed by atoms with Crippen LogP contribution in [0.5, 0.6) is 5.75 Å². The molecular weight excluding hydrogens is 376 g/mol. The number of hydrogen-bond donors (Lipinski definition) is 1. The zero-order valence-corrected chi connectivity index (χ0v) is 16.4. The van der Waals surface area contributed by atoms with Crippen LogP contribution in [0.1, 0.15) is 29.8 Å². The number of carbonyl (C=O) groups excluding carboxylic acids is 2. The van der Waals surface area contributed by atoms with E-state index >= 15 is 0 Å². The lowest BCUT2D eigenvalue weighted by Gasteiger charge is -2.10. The van der Waals surface area contributed by atoms with Crippen LogP contribution in [-0.2, 0) is 9.53 Å². The molecule has 0 aromatic heterocycles. The second-order valence-electron chi connectivity index (χ2n) is 6.59. The first-order valence-electron chi connectivity index (χ1n) is 8.89. The number of rotatable bonds is 8. The number of nitro groups is 1. The molecule has 2 aromatic rings. The van der Waals surface area contributed by atoms with Gasteiger partial charge in [0.1, 0.15) is 11.4 Å². The molecule has 1 N–H and O–H groups in total.